The minimum atomic E-state index is -0.228. The highest BCUT2D eigenvalue weighted by atomic mass is 16.2. The second-order valence-electron chi connectivity index (χ2n) is 6.76. The number of hydrogen-bond donors (Lipinski definition) is 1. The molecule has 1 amide bonds. The number of carbonyl (C=O) groups excluding carboxylic acids is 1. The van der Waals surface area contributed by atoms with Gasteiger partial charge in [0.25, 0.3) is 0 Å². The van der Waals surface area contributed by atoms with Crippen molar-refractivity contribution in [3.8, 4) is 0 Å². The van der Waals surface area contributed by atoms with Crippen LogP contribution in [0.5, 0.6) is 0 Å². The van der Waals surface area contributed by atoms with Gasteiger partial charge < -0.3 is 5.32 Å². The largest absolute Gasteiger partial charge is 0.323 e. The van der Waals surface area contributed by atoms with Gasteiger partial charge in [0.05, 0.1) is 35.2 Å². The van der Waals surface area contributed by atoms with Gasteiger partial charge in [0.15, 0.2) is 0 Å². The van der Waals surface area contributed by atoms with Crippen LogP contribution in [0.2, 0.25) is 0 Å². The number of hydrogen-bond acceptors (Lipinski definition) is 5. The van der Waals surface area contributed by atoms with Crippen molar-refractivity contribution in [1.82, 2.24) is 19.9 Å². The predicted octanol–water partition coefficient (Wildman–Crippen LogP) is 3.68. The first kappa shape index (κ1) is 18.7. The van der Waals surface area contributed by atoms with Crippen LogP contribution in [-0.4, -0.2) is 39.4 Å². The predicted molar refractivity (Wildman–Crippen MR) is 113 cm³/mol. The number of pyridine rings is 3. The third kappa shape index (κ3) is 4.28. The van der Waals surface area contributed by atoms with E-state index in [1.807, 2.05) is 78.7 Å². The molecule has 0 radical (unpaired) electrons. The van der Waals surface area contributed by atoms with Crippen LogP contribution in [0.1, 0.15) is 17.4 Å². The van der Waals surface area contributed by atoms with Crippen molar-refractivity contribution < 1.29 is 4.79 Å². The summed E-state index contributed by atoms with van der Waals surface area (Å²) < 4.78 is 0. The highest BCUT2D eigenvalue weighted by Gasteiger charge is 2.23. The summed E-state index contributed by atoms with van der Waals surface area (Å²) in [5, 5.41) is 3.97. The van der Waals surface area contributed by atoms with Crippen molar-refractivity contribution in [3.05, 3.63) is 96.7 Å². The lowest BCUT2D eigenvalue weighted by Gasteiger charge is -2.26. The molecule has 0 saturated heterocycles. The van der Waals surface area contributed by atoms with Gasteiger partial charge in [0.2, 0.25) is 5.91 Å². The summed E-state index contributed by atoms with van der Waals surface area (Å²) in [5.41, 5.74) is 3.16. The Morgan fingerprint density at radius 1 is 0.862 bits per heavy atom. The lowest BCUT2D eigenvalue weighted by molar-refractivity contribution is -0.117. The van der Waals surface area contributed by atoms with Gasteiger partial charge in [-0.3, -0.25) is 24.6 Å². The molecule has 144 valence electrons. The molecular weight excluding hydrogens is 362 g/mol. The molecule has 4 aromatic rings. The van der Waals surface area contributed by atoms with Crippen LogP contribution in [-0.2, 0) is 4.79 Å². The second kappa shape index (κ2) is 8.58. The number of rotatable bonds is 6. The van der Waals surface area contributed by atoms with E-state index in [-0.39, 0.29) is 18.5 Å². The quantitative estimate of drug-likeness (QED) is 0.550. The number of nitrogens with zero attached hydrogens (tertiary/aromatic N) is 4. The van der Waals surface area contributed by atoms with Gasteiger partial charge in [-0.2, -0.15) is 0 Å². The third-order valence-electron chi connectivity index (χ3n) is 4.68. The zero-order chi connectivity index (χ0) is 20.1. The fourth-order valence-electron chi connectivity index (χ4n) is 3.39. The first-order valence-electron chi connectivity index (χ1n) is 9.38. The van der Waals surface area contributed by atoms with E-state index < -0.39 is 0 Å². The Bertz CT molecular complexity index is 1060. The average Bonchev–Trinajstić information content (AvgIpc) is 2.76. The molecule has 29 heavy (non-hydrogen) atoms. The summed E-state index contributed by atoms with van der Waals surface area (Å²) in [7, 11) is 1.90. The van der Waals surface area contributed by atoms with Gasteiger partial charge in [-0.05, 0) is 43.4 Å². The van der Waals surface area contributed by atoms with Crippen LogP contribution in [0.25, 0.3) is 10.9 Å². The van der Waals surface area contributed by atoms with Crippen molar-refractivity contribution in [2.45, 2.75) is 6.04 Å². The number of anilines is 1. The normalized spacial score (nSPS) is 11.1. The highest BCUT2D eigenvalue weighted by Crippen LogP contribution is 2.25. The van der Waals surface area contributed by atoms with Crippen molar-refractivity contribution in [1.29, 1.82) is 0 Å². The van der Waals surface area contributed by atoms with E-state index in [0.29, 0.717) is 5.69 Å². The Labute approximate surface area is 169 Å². The maximum atomic E-state index is 12.8. The van der Waals surface area contributed by atoms with Gasteiger partial charge in [-0.1, -0.05) is 30.3 Å². The molecule has 0 atom stereocenters. The Morgan fingerprint density at radius 3 is 2.17 bits per heavy atom. The fourth-order valence-corrected chi connectivity index (χ4v) is 3.39. The maximum absolute atomic E-state index is 12.8. The number of likely N-dealkylation sites (N-methyl/N-ethyl adjacent to an activating group) is 1. The van der Waals surface area contributed by atoms with E-state index >= 15 is 0 Å². The SMILES string of the molecule is CN(CC(=O)Nc1cccc2cccnc12)C(c1ccccn1)c1ccccn1. The summed E-state index contributed by atoms with van der Waals surface area (Å²) in [4.78, 5) is 28.1. The monoisotopic (exact) mass is 383 g/mol. The first-order chi connectivity index (χ1) is 14.2. The Balaban J connectivity index is 1.56. The van der Waals surface area contributed by atoms with Crippen LogP contribution in [0, 0.1) is 0 Å². The van der Waals surface area contributed by atoms with Gasteiger partial charge in [-0.15, -0.1) is 0 Å². The summed E-state index contributed by atoms with van der Waals surface area (Å²) in [6.45, 7) is 0.182. The Kier molecular flexibility index (Phi) is 5.54. The van der Waals surface area contributed by atoms with E-state index in [1.54, 1.807) is 18.6 Å². The molecule has 0 spiro atoms. The van der Waals surface area contributed by atoms with Crippen LogP contribution in [0.4, 0.5) is 5.69 Å². The highest BCUT2D eigenvalue weighted by molar-refractivity contribution is 6.00. The number of nitrogens with one attached hydrogen (secondary N) is 1. The molecule has 1 aromatic carbocycles. The standard InChI is InChI=1S/C23H21N5O/c1-28(23(19-10-2-4-13-24-19)20-11-3-5-14-25-20)16-21(29)27-18-12-6-8-17-9-7-15-26-22(17)18/h2-15,23H,16H2,1H3,(H,27,29). The lowest BCUT2D eigenvalue weighted by atomic mass is 10.1. The van der Waals surface area contributed by atoms with Gasteiger partial charge in [0.1, 0.15) is 0 Å². The Morgan fingerprint density at radius 2 is 1.52 bits per heavy atom. The van der Waals surface area contributed by atoms with Gasteiger partial charge in [0, 0.05) is 24.0 Å². The van der Waals surface area contributed by atoms with Crippen LogP contribution < -0.4 is 5.32 Å². The molecule has 0 fully saturated rings. The van der Waals surface area contributed by atoms with Crippen molar-refractivity contribution >= 4 is 22.5 Å². The molecule has 0 aliphatic rings. The van der Waals surface area contributed by atoms with Crippen molar-refractivity contribution in [3.63, 3.8) is 0 Å². The summed E-state index contributed by atoms with van der Waals surface area (Å²) in [6, 6.07) is 20.9. The number of aromatic nitrogens is 3. The number of carbonyl (C=O) groups is 1. The first-order valence-corrected chi connectivity index (χ1v) is 9.38. The summed E-state index contributed by atoms with van der Waals surface area (Å²) >= 11 is 0. The molecular formula is C23H21N5O. The third-order valence-corrected chi connectivity index (χ3v) is 4.68. The average molecular weight is 383 g/mol. The van der Waals surface area contributed by atoms with Gasteiger partial charge >= 0.3 is 0 Å². The Hall–Kier alpha value is -3.64. The molecule has 0 saturated carbocycles. The van der Waals surface area contributed by atoms with Crippen molar-refractivity contribution in [2.24, 2.45) is 0 Å². The zero-order valence-electron chi connectivity index (χ0n) is 16.1. The number of fused-ring (bicyclic) bond motifs is 1. The van der Waals surface area contributed by atoms with Crippen LogP contribution in [0.3, 0.4) is 0 Å². The van der Waals surface area contributed by atoms with Crippen LogP contribution >= 0.6 is 0 Å². The molecule has 0 bridgehead atoms. The van der Waals surface area contributed by atoms with E-state index in [4.69, 9.17) is 0 Å². The minimum Gasteiger partial charge on any atom is -0.323 e. The molecule has 3 aromatic heterocycles. The van der Waals surface area contributed by atoms with E-state index in [9.17, 15) is 4.79 Å². The number of para-hydroxylation sites is 1. The molecule has 1 N–H and O–H groups in total. The molecule has 3 heterocycles. The van der Waals surface area contributed by atoms with E-state index in [0.717, 1.165) is 22.3 Å². The fraction of sp³-hybridized carbons (Fsp3) is 0.130. The van der Waals surface area contributed by atoms with Crippen molar-refractivity contribution in [2.75, 3.05) is 18.9 Å². The minimum absolute atomic E-state index is 0.123. The maximum Gasteiger partial charge on any atom is 0.238 e. The molecule has 0 aliphatic heterocycles. The summed E-state index contributed by atoms with van der Waals surface area (Å²) in [6.07, 6.45) is 5.23. The molecule has 0 aliphatic carbocycles. The zero-order valence-corrected chi connectivity index (χ0v) is 16.1. The van der Waals surface area contributed by atoms with Crippen LogP contribution in [0.15, 0.2) is 85.3 Å². The molecule has 0 unspecified atom stereocenters. The lowest BCUT2D eigenvalue weighted by Crippen LogP contribution is -2.34. The second-order valence-corrected chi connectivity index (χ2v) is 6.76. The number of amides is 1. The summed E-state index contributed by atoms with van der Waals surface area (Å²) in [5.74, 6) is -0.123. The molecule has 6 heteroatoms. The molecule has 4 rings (SSSR count). The number of benzene rings is 1. The smallest absolute Gasteiger partial charge is 0.238 e. The topological polar surface area (TPSA) is 71.0 Å². The van der Waals surface area contributed by atoms with E-state index in [1.165, 1.54) is 0 Å². The van der Waals surface area contributed by atoms with E-state index in [2.05, 4.69) is 20.3 Å². The van der Waals surface area contributed by atoms with Gasteiger partial charge in [-0.25, -0.2) is 0 Å². The molecule has 6 nitrogen and oxygen atoms in total.